The van der Waals surface area contributed by atoms with Gasteiger partial charge in [0.1, 0.15) is 11.4 Å². The largest absolute Gasteiger partial charge is 0.455 e. The Balaban J connectivity index is 1.55. The van der Waals surface area contributed by atoms with Gasteiger partial charge in [-0.3, -0.25) is 0 Å². The lowest BCUT2D eigenvalue weighted by Crippen LogP contribution is -1.82. The normalized spacial score (nSPS) is 10.9. The number of hydrogen-bond donors (Lipinski definition) is 1. The highest BCUT2D eigenvalue weighted by Gasteiger charge is 2.16. The molecule has 6 aromatic rings. The minimum Gasteiger partial charge on any atom is -0.455 e. The van der Waals surface area contributed by atoms with E-state index in [1.165, 1.54) is 0 Å². The third-order valence-corrected chi connectivity index (χ3v) is 5.49. The molecule has 0 amide bonds. The molecule has 2 aromatic heterocycles. The van der Waals surface area contributed by atoms with Crippen molar-refractivity contribution in [2.45, 2.75) is 0 Å². The zero-order chi connectivity index (χ0) is 21.3. The van der Waals surface area contributed by atoms with E-state index in [-0.39, 0.29) is 0 Å². The zero-order valence-corrected chi connectivity index (χ0v) is 17.2. The fourth-order valence-corrected chi connectivity index (χ4v) is 3.91. The predicted molar refractivity (Wildman–Crippen MR) is 129 cm³/mol. The number of aromatic nitrogens is 2. The molecule has 0 radical (unpaired) electrons. The summed E-state index contributed by atoms with van der Waals surface area (Å²) in [5.41, 5.74) is 6.62. The summed E-state index contributed by atoms with van der Waals surface area (Å²) in [5, 5.41) is 0.977. The van der Waals surface area contributed by atoms with E-state index in [9.17, 15) is 0 Å². The van der Waals surface area contributed by atoms with Gasteiger partial charge in [-0.2, -0.15) is 0 Å². The minimum absolute atomic E-state index is 0.783. The fourth-order valence-electron chi connectivity index (χ4n) is 3.91. The molecular formula is C29H18N2O. The number of furan rings is 1. The number of H-pyrrole nitrogens is 1. The Morgan fingerprint density at radius 1 is 0.688 bits per heavy atom. The second-order valence-corrected chi connectivity index (χ2v) is 7.60. The molecule has 4 aromatic carbocycles. The summed E-state index contributed by atoms with van der Waals surface area (Å²) in [5.74, 6) is 8.29. The molecule has 0 fully saturated rings. The topological polar surface area (TPSA) is 41.8 Å². The number of nitrogens with one attached hydrogen (secondary N) is 1. The molecule has 3 nitrogen and oxygen atoms in total. The van der Waals surface area contributed by atoms with Gasteiger partial charge in [-0.1, -0.05) is 72.5 Å². The van der Waals surface area contributed by atoms with Crippen molar-refractivity contribution in [1.29, 1.82) is 0 Å². The molecule has 0 atom stereocenters. The lowest BCUT2D eigenvalue weighted by Gasteiger charge is -1.98. The first-order valence-electron chi connectivity index (χ1n) is 10.5. The average Bonchev–Trinajstić information content (AvgIpc) is 3.45. The molecule has 0 spiro atoms. The van der Waals surface area contributed by atoms with E-state index in [0.29, 0.717) is 0 Å². The van der Waals surface area contributed by atoms with E-state index >= 15 is 0 Å². The van der Waals surface area contributed by atoms with Crippen LogP contribution in [0.4, 0.5) is 0 Å². The Hall–Kier alpha value is -4.55. The monoisotopic (exact) mass is 410 g/mol. The van der Waals surface area contributed by atoms with Crippen molar-refractivity contribution in [3.8, 4) is 34.6 Å². The van der Waals surface area contributed by atoms with Crippen molar-refractivity contribution < 1.29 is 4.42 Å². The molecule has 0 aliphatic carbocycles. The van der Waals surface area contributed by atoms with Gasteiger partial charge in [0.15, 0.2) is 5.76 Å². The van der Waals surface area contributed by atoms with Gasteiger partial charge in [-0.05, 0) is 42.5 Å². The predicted octanol–water partition coefficient (Wildman–Crippen LogP) is 7.04. The van der Waals surface area contributed by atoms with E-state index in [1.807, 2.05) is 97.1 Å². The highest BCUT2D eigenvalue weighted by atomic mass is 16.3. The van der Waals surface area contributed by atoms with Crippen molar-refractivity contribution in [2.75, 3.05) is 0 Å². The summed E-state index contributed by atoms with van der Waals surface area (Å²) in [6, 6.07) is 34.3. The van der Waals surface area contributed by atoms with Crippen molar-refractivity contribution in [2.24, 2.45) is 0 Å². The molecule has 0 bridgehead atoms. The number of fused-ring (bicyclic) bond motifs is 2. The van der Waals surface area contributed by atoms with Gasteiger partial charge in [-0.25, -0.2) is 4.98 Å². The minimum atomic E-state index is 0.783. The van der Waals surface area contributed by atoms with Crippen LogP contribution in [-0.2, 0) is 0 Å². The van der Waals surface area contributed by atoms with Crippen LogP contribution in [0.25, 0.3) is 44.7 Å². The first-order valence-corrected chi connectivity index (χ1v) is 10.5. The second-order valence-electron chi connectivity index (χ2n) is 7.60. The molecule has 32 heavy (non-hydrogen) atoms. The summed E-state index contributed by atoms with van der Waals surface area (Å²) in [4.78, 5) is 8.17. The Morgan fingerprint density at radius 3 is 2.25 bits per heavy atom. The maximum atomic E-state index is 6.29. The third kappa shape index (κ3) is 3.25. The first-order chi connectivity index (χ1) is 15.8. The Bertz CT molecular complexity index is 1580. The van der Waals surface area contributed by atoms with E-state index in [1.54, 1.807) is 0 Å². The van der Waals surface area contributed by atoms with Gasteiger partial charge in [0, 0.05) is 22.1 Å². The van der Waals surface area contributed by atoms with Gasteiger partial charge in [-0.15, -0.1) is 0 Å². The molecule has 150 valence electrons. The maximum Gasteiger partial charge on any atom is 0.151 e. The number of nitrogens with zero attached hydrogens (tertiary/aromatic N) is 1. The van der Waals surface area contributed by atoms with E-state index in [0.717, 1.165) is 55.8 Å². The fraction of sp³-hybridized carbons (Fsp3) is 0. The number of para-hydroxylation sites is 2. The highest BCUT2D eigenvalue weighted by Crippen LogP contribution is 2.35. The van der Waals surface area contributed by atoms with Crippen LogP contribution in [0, 0.1) is 11.8 Å². The average molecular weight is 410 g/mol. The van der Waals surface area contributed by atoms with Crippen LogP contribution in [0.3, 0.4) is 0 Å². The summed E-state index contributed by atoms with van der Waals surface area (Å²) >= 11 is 0. The Kier molecular flexibility index (Phi) is 4.34. The van der Waals surface area contributed by atoms with Crippen molar-refractivity contribution in [3.05, 3.63) is 114 Å². The van der Waals surface area contributed by atoms with Crippen molar-refractivity contribution >= 4 is 22.0 Å². The molecule has 0 aliphatic heterocycles. The van der Waals surface area contributed by atoms with Gasteiger partial charge in [0.2, 0.25) is 0 Å². The number of benzene rings is 4. The highest BCUT2D eigenvalue weighted by molar-refractivity contribution is 5.94. The SMILES string of the molecule is C(#Cc1c(-c2ccccc2)oc2ccc(-c3nc4ccccc4[nH]3)cc12)c1ccccc1. The van der Waals surface area contributed by atoms with Crippen LogP contribution in [0.2, 0.25) is 0 Å². The number of imidazole rings is 1. The molecule has 0 unspecified atom stereocenters. The Morgan fingerprint density at radius 2 is 1.44 bits per heavy atom. The van der Waals surface area contributed by atoms with E-state index < -0.39 is 0 Å². The maximum absolute atomic E-state index is 6.29. The number of hydrogen-bond acceptors (Lipinski definition) is 2. The van der Waals surface area contributed by atoms with Gasteiger partial charge in [0.05, 0.1) is 16.6 Å². The van der Waals surface area contributed by atoms with Crippen LogP contribution in [0.1, 0.15) is 11.1 Å². The van der Waals surface area contributed by atoms with Crippen LogP contribution in [0.15, 0.2) is 108 Å². The van der Waals surface area contributed by atoms with Crippen LogP contribution >= 0.6 is 0 Å². The van der Waals surface area contributed by atoms with Crippen LogP contribution in [0.5, 0.6) is 0 Å². The molecule has 1 N–H and O–H groups in total. The molecular weight excluding hydrogens is 392 g/mol. The third-order valence-electron chi connectivity index (χ3n) is 5.49. The molecule has 0 saturated heterocycles. The molecule has 3 heteroatoms. The number of rotatable bonds is 2. The summed E-state index contributed by atoms with van der Waals surface area (Å²) in [7, 11) is 0. The quantitative estimate of drug-likeness (QED) is 0.311. The van der Waals surface area contributed by atoms with Gasteiger partial charge in [0.25, 0.3) is 0 Å². The summed E-state index contributed by atoms with van der Waals surface area (Å²) in [6.45, 7) is 0. The van der Waals surface area contributed by atoms with Gasteiger partial charge >= 0.3 is 0 Å². The molecule has 2 heterocycles. The smallest absolute Gasteiger partial charge is 0.151 e. The summed E-state index contributed by atoms with van der Waals surface area (Å²) in [6.07, 6.45) is 0. The standard InChI is InChI=1S/C29H18N2O/c1-3-9-20(10-4-1)15-17-23-24-19-22(29-30-25-13-7-8-14-26(25)31-29)16-18-27(24)32-28(23)21-11-5-2-6-12-21/h1-14,16,18-19H,(H,30,31). The molecule has 0 aliphatic rings. The molecule has 0 saturated carbocycles. The summed E-state index contributed by atoms with van der Waals surface area (Å²) < 4.78 is 6.29. The second kappa shape index (κ2) is 7.61. The van der Waals surface area contributed by atoms with Crippen LogP contribution in [-0.4, -0.2) is 9.97 Å². The lowest BCUT2D eigenvalue weighted by atomic mass is 10.0. The van der Waals surface area contributed by atoms with Crippen LogP contribution < -0.4 is 0 Å². The Labute approximate surface area is 185 Å². The first kappa shape index (κ1) is 18.2. The van der Waals surface area contributed by atoms with Crippen molar-refractivity contribution in [3.63, 3.8) is 0 Å². The zero-order valence-electron chi connectivity index (χ0n) is 17.2. The number of aromatic amines is 1. The van der Waals surface area contributed by atoms with Gasteiger partial charge < -0.3 is 9.40 Å². The van der Waals surface area contributed by atoms with E-state index in [2.05, 4.69) is 22.9 Å². The molecule has 6 rings (SSSR count). The van der Waals surface area contributed by atoms with Crippen molar-refractivity contribution in [1.82, 2.24) is 9.97 Å². The lowest BCUT2D eigenvalue weighted by molar-refractivity contribution is 0.630. The van der Waals surface area contributed by atoms with E-state index in [4.69, 9.17) is 9.40 Å².